The molecule has 5 rings (SSSR count). The van der Waals surface area contributed by atoms with E-state index < -0.39 is 23.0 Å². The van der Waals surface area contributed by atoms with Crippen molar-refractivity contribution >= 4 is 11.8 Å². The van der Waals surface area contributed by atoms with Crippen molar-refractivity contribution in [3.05, 3.63) is 63.1 Å². The number of pyridine rings is 1. The molecule has 9 heteroatoms. The molecular weight excluding hydrogens is 408 g/mol. The normalized spacial score (nSPS) is 23.5. The van der Waals surface area contributed by atoms with Crippen molar-refractivity contribution in [3.63, 3.8) is 0 Å². The van der Waals surface area contributed by atoms with E-state index in [-0.39, 0.29) is 47.1 Å². The number of amides is 2. The quantitative estimate of drug-likeness (QED) is 0.809. The standard InChI is InChI=1S/C22H21F2N3O4/c1-31-20-18-22(30)26-7-6-11-3-5-16(17(11)26)27(18)10-14(19(20)28)21(29)25-9-12-2-4-13(23)8-15(12)24/h2,4,8,10-11,16-17H,3,5-7,9H2,1H3,(H,25,29)/t11-,16+,17+/m1/s1. The predicted octanol–water partition coefficient (Wildman–Crippen LogP) is 2.24. The third kappa shape index (κ3) is 2.94. The Morgan fingerprint density at radius 3 is 2.77 bits per heavy atom. The van der Waals surface area contributed by atoms with Crippen LogP contribution in [-0.2, 0) is 6.54 Å². The van der Waals surface area contributed by atoms with Crippen LogP contribution in [0.15, 0.2) is 29.2 Å². The van der Waals surface area contributed by atoms with Crippen molar-refractivity contribution in [1.82, 2.24) is 14.8 Å². The maximum Gasteiger partial charge on any atom is 0.274 e. The van der Waals surface area contributed by atoms with Crippen LogP contribution in [0.4, 0.5) is 8.78 Å². The lowest BCUT2D eigenvalue weighted by molar-refractivity contribution is 0.0609. The molecule has 1 saturated heterocycles. The molecule has 0 unspecified atom stereocenters. The van der Waals surface area contributed by atoms with E-state index in [1.54, 1.807) is 4.57 Å². The van der Waals surface area contributed by atoms with Crippen molar-refractivity contribution in [2.45, 2.75) is 37.9 Å². The molecule has 1 aromatic carbocycles. The summed E-state index contributed by atoms with van der Waals surface area (Å²) in [5.74, 6) is -2.20. The first kappa shape index (κ1) is 19.7. The molecular formula is C22H21F2N3O4. The number of carbonyl (C=O) groups excluding carboxylic acids is 2. The van der Waals surface area contributed by atoms with Crippen molar-refractivity contribution in [1.29, 1.82) is 0 Å². The monoisotopic (exact) mass is 429 g/mol. The van der Waals surface area contributed by atoms with Gasteiger partial charge in [-0.3, -0.25) is 14.4 Å². The molecule has 2 amide bonds. The molecule has 2 aliphatic heterocycles. The first-order valence-electron chi connectivity index (χ1n) is 10.3. The van der Waals surface area contributed by atoms with Gasteiger partial charge >= 0.3 is 0 Å². The van der Waals surface area contributed by atoms with Gasteiger partial charge in [-0.1, -0.05) is 6.07 Å². The van der Waals surface area contributed by atoms with Crippen LogP contribution in [0.1, 0.15) is 51.7 Å². The molecule has 1 saturated carbocycles. The number of hydrogen-bond acceptors (Lipinski definition) is 4. The number of nitrogens with one attached hydrogen (secondary N) is 1. The molecule has 1 aliphatic carbocycles. The van der Waals surface area contributed by atoms with Crippen LogP contribution >= 0.6 is 0 Å². The Hall–Kier alpha value is -3.23. The topological polar surface area (TPSA) is 80.6 Å². The van der Waals surface area contributed by atoms with Crippen LogP contribution in [0, 0.1) is 17.6 Å². The molecule has 2 aromatic rings. The summed E-state index contributed by atoms with van der Waals surface area (Å²) >= 11 is 0. The van der Waals surface area contributed by atoms with Crippen molar-refractivity contribution < 1.29 is 23.1 Å². The summed E-state index contributed by atoms with van der Waals surface area (Å²) in [5, 5.41) is 2.51. The zero-order chi connectivity index (χ0) is 21.9. The van der Waals surface area contributed by atoms with Crippen molar-refractivity contribution in [2.24, 2.45) is 5.92 Å². The molecule has 0 radical (unpaired) electrons. The summed E-state index contributed by atoms with van der Waals surface area (Å²) in [6.45, 7) is 0.447. The van der Waals surface area contributed by atoms with Crippen LogP contribution in [0.3, 0.4) is 0 Å². The highest BCUT2D eigenvalue weighted by molar-refractivity contribution is 5.99. The molecule has 3 atom stereocenters. The van der Waals surface area contributed by atoms with E-state index in [1.165, 1.54) is 19.4 Å². The summed E-state index contributed by atoms with van der Waals surface area (Å²) < 4.78 is 34.0. The Morgan fingerprint density at radius 2 is 2.03 bits per heavy atom. The molecule has 1 N–H and O–H groups in total. The van der Waals surface area contributed by atoms with E-state index in [9.17, 15) is 23.2 Å². The fourth-order valence-corrected chi connectivity index (χ4v) is 5.31. The lowest BCUT2D eigenvalue weighted by Gasteiger charge is -2.38. The lowest BCUT2D eigenvalue weighted by atomic mass is 9.99. The second-order valence-electron chi connectivity index (χ2n) is 8.26. The number of benzene rings is 1. The number of aromatic nitrogens is 1. The van der Waals surface area contributed by atoms with Gasteiger partial charge in [-0.25, -0.2) is 8.78 Å². The first-order valence-corrected chi connectivity index (χ1v) is 10.3. The average Bonchev–Trinajstić information content (AvgIpc) is 3.35. The molecule has 0 spiro atoms. The number of nitrogens with zero attached hydrogens (tertiary/aromatic N) is 2. The SMILES string of the molecule is COc1c2n(cc(C(=O)NCc3ccc(F)cc3F)c1=O)[C@H]1CC[C@@H]3CCN(C2=O)[C@@H]31. The Balaban J connectivity index is 1.51. The van der Waals surface area contributed by atoms with Crippen LogP contribution in [0.2, 0.25) is 0 Å². The molecule has 3 aliphatic rings. The van der Waals surface area contributed by atoms with Gasteiger partial charge in [0.1, 0.15) is 17.2 Å². The Kier molecular flexibility index (Phi) is 4.56. The number of rotatable bonds is 4. The van der Waals surface area contributed by atoms with E-state index in [0.29, 0.717) is 12.5 Å². The van der Waals surface area contributed by atoms with E-state index in [1.807, 2.05) is 4.90 Å². The molecule has 31 heavy (non-hydrogen) atoms. The fraction of sp³-hybridized carbons (Fsp3) is 0.409. The highest BCUT2D eigenvalue weighted by atomic mass is 19.1. The maximum atomic E-state index is 13.9. The average molecular weight is 429 g/mol. The third-order valence-electron chi connectivity index (χ3n) is 6.73. The van der Waals surface area contributed by atoms with Gasteiger partial charge in [0, 0.05) is 30.9 Å². The lowest BCUT2D eigenvalue weighted by Crippen LogP contribution is -2.48. The van der Waals surface area contributed by atoms with Gasteiger partial charge in [-0.2, -0.15) is 0 Å². The summed E-state index contributed by atoms with van der Waals surface area (Å²) in [6.07, 6.45) is 4.19. The molecule has 162 valence electrons. The number of halogens is 2. The second kappa shape index (κ2) is 7.18. The largest absolute Gasteiger partial charge is 0.491 e. The van der Waals surface area contributed by atoms with E-state index in [0.717, 1.165) is 31.4 Å². The summed E-state index contributed by atoms with van der Waals surface area (Å²) in [7, 11) is 1.30. The van der Waals surface area contributed by atoms with Crippen molar-refractivity contribution in [3.8, 4) is 5.75 Å². The Morgan fingerprint density at radius 1 is 1.23 bits per heavy atom. The van der Waals surface area contributed by atoms with Gasteiger partial charge in [0.05, 0.1) is 19.2 Å². The van der Waals surface area contributed by atoms with Crippen LogP contribution in [0.25, 0.3) is 0 Å². The third-order valence-corrected chi connectivity index (χ3v) is 6.73. The van der Waals surface area contributed by atoms with E-state index >= 15 is 0 Å². The molecule has 0 bridgehead atoms. The Labute approximate surface area is 176 Å². The fourth-order valence-electron chi connectivity index (χ4n) is 5.31. The zero-order valence-electron chi connectivity index (χ0n) is 16.9. The van der Waals surface area contributed by atoms with Crippen LogP contribution in [-0.4, -0.2) is 41.0 Å². The number of ether oxygens (including phenoxy) is 1. The second-order valence-corrected chi connectivity index (χ2v) is 8.26. The van der Waals surface area contributed by atoms with E-state index in [2.05, 4.69) is 5.32 Å². The summed E-state index contributed by atoms with van der Waals surface area (Å²) in [6, 6.07) is 3.11. The first-order chi connectivity index (χ1) is 14.9. The highest BCUT2D eigenvalue weighted by Gasteiger charge is 2.52. The molecule has 3 heterocycles. The van der Waals surface area contributed by atoms with E-state index in [4.69, 9.17) is 4.74 Å². The molecule has 2 fully saturated rings. The number of carbonyl (C=O) groups is 2. The van der Waals surface area contributed by atoms with Crippen molar-refractivity contribution in [2.75, 3.05) is 13.7 Å². The summed E-state index contributed by atoms with van der Waals surface area (Å²) in [5.41, 5.74) is -0.593. The van der Waals surface area contributed by atoms with Gasteiger partial charge in [-0.15, -0.1) is 0 Å². The number of hydrogen-bond donors (Lipinski definition) is 1. The number of fused-ring (bicyclic) bond motifs is 2. The van der Waals surface area contributed by atoms with Crippen LogP contribution < -0.4 is 15.5 Å². The van der Waals surface area contributed by atoms with Gasteiger partial charge in [-0.05, 0) is 31.2 Å². The predicted molar refractivity (Wildman–Crippen MR) is 106 cm³/mol. The van der Waals surface area contributed by atoms with Gasteiger partial charge in [0.25, 0.3) is 11.8 Å². The zero-order valence-corrected chi connectivity index (χ0v) is 16.9. The minimum atomic E-state index is -0.788. The highest BCUT2D eigenvalue weighted by Crippen LogP contribution is 2.48. The Bertz CT molecular complexity index is 1160. The van der Waals surface area contributed by atoms with Gasteiger partial charge in [0.15, 0.2) is 11.4 Å². The van der Waals surface area contributed by atoms with Gasteiger partial charge < -0.3 is 19.5 Å². The smallest absolute Gasteiger partial charge is 0.274 e. The summed E-state index contributed by atoms with van der Waals surface area (Å²) in [4.78, 5) is 40.7. The van der Waals surface area contributed by atoms with Gasteiger partial charge in [0.2, 0.25) is 5.43 Å². The molecule has 7 nitrogen and oxygen atoms in total. The maximum absolute atomic E-state index is 13.9. The van der Waals surface area contributed by atoms with Crippen LogP contribution in [0.5, 0.6) is 5.75 Å². The minimum absolute atomic E-state index is 0.0178. The number of methoxy groups -OCH3 is 1. The molecule has 1 aromatic heterocycles. The minimum Gasteiger partial charge on any atom is -0.491 e.